The number of hydrogen-bond donors (Lipinski definition) is 0. The van der Waals surface area contributed by atoms with Crippen LogP contribution in [0.5, 0.6) is 0 Å². The van der Waals surface area contributed by atoms with E-state index in [-0.39, 0.29) is 75.5 Å². The maximum Gasteiger partial charge on any atom is 1.00 e. The molecule has 0 atom stereocenters. The van der Waals surface area contributed by atoms with E-state index in [2.05, 4.69) is 6.92 Å². The molecule has 0 aliphatic heterocycles. The Morgan fingerprint density at radius 3 is 1.16 bits per heavy atom. The standard InChI is InChI=1S/C35H60O7S.K/c1-2-3-4-5-6-7-8-9-10-11-12-13-14-15-16-17-18-19-20-21-22-25-29-41-34(36)32-27-23-24-28-33(32)35(37)42-30-26-31-43(38,39)40;/h23-24,27-28H,2-22,25-26,29-31H2,1H3,(H,38,39,40);/q;+1/p-1. The zero-order valence-electron chi connectivity index (χ0n) is 28.0. The number of unbranched alkanes of at least 4 members (excludes halogenated alkanes) is 21. The van der Waals surface area contributed by atoms with E-state index in [0.29, 0.717) is 6.61 Å². The molecule has 44 heavy (non-hydrogen) atoms. The minimum atomic E-state index is -4.36. The van der Waals surface area contributed by atoms with Crippen molar-refractivity contribution in [1.82, 2.24) is 0 Å². The molecule has 0 aromatic heterocycles. The molecule has 0 amide bonds. The summed E-state index contributed by atoms with van der Waals surface area (Å²) in [6.07, 6.45) is 29.0. The first-order chi connectivity index (χ1) is 20.8. The molecule has 0 bridgehead atoms. The van der Waals surface area contributed by atoms with Crippen molar-refractivity contribution in [3.8, 4) is 0 Å². The molecule has 0 aliphatic carbocycles. The number of benzene rings is 1. The van der Waals surface area contributed by atoms with Crippen molar-refractivity contribution in [3.63, 3.8) is 0 Å². The second-order valence-corrected chi connectivity index (χ2v) is 13.4. The second-order valence-electron chi connectivity index (χ2n) is 11.9. The number of hydrogen-bond acceptors (Lipinski definition) is 7. The number of rotatable bonds is 29. The molecule has 0 radical (unpaired) electrons. The van der Waals surface area contributed by atoms with Crippen molar-refractivity contribution in [1.29, 1.82) is 0 Å². The first kappa shape index (κ1) is 43.7. The van der Waals surface area contributed by atoms with Gasteiger partial charge in [0, 0.05) is 5.75 Å². The number of esters is 2. The zero-order chi connectivity index (χ0) is 31.4. The van der Waals surface area contributed by atoms with Crippen LogP contribution in [0.2, 0.25) is 0 Å². The van der Waals surface area contributed by atoms with Crippen LogP contribution in [0.3, 0.4) is 0 Å². The minimum absolute atomic E-state index is 0. The third kappa shape index (κ3) is 25.8. The van der Waals surface area contributed by atoms with Crippen molar-refractivity contribution in [2.75, 3.05) is 19.0 Å². The molecule has 1 aromatic rings. The Morgan fingerprint density at radius 1 is 0.545 bits per heavy atom. The van der Waals surface area contributed by atoms with Gasteiger partial charge in [-0.15, -0.1) is 0 Å². The van der Waals surface area contributed by atoms with Crippen LogP contribution in [0.15, 0.2) is 24.3 Å². The van der Waals surface area contributed by atoms with E-state index in [4.69, 9.17) is 9.47 Å². The molecule has 0 heterocycles. The SMILES string of the molecule is CCCCCCCCCCCCCCCCCCCCCCCCOC(=O)c1ccccc1C(=O)OCCCS(=O)(=O)[O-].[K+]. The fourth-order valence-electron chi connectivity index (χ4n) is 5.27. The van der Waals surface area contributed by atoms with E-state index in [9.17, 15) is 22.6 Å². The van der Waals surface area contributed by atoms with Crippen LogP contribution in [0, 0.1) is 0 Å². The summed E-state index contributed by atoms with van der Waals surface area (Å²) in [5.74, 6) is -1.94. The molecule has 0 aliphatic rings. The summed E-state index contributed by atoms with van der Waals surface area (Å²) in [7, 11) is -4.36. The molecule has 0 N–H and O–H groups in total. The Morgan fingerprint density at radius 2 is 0.841 bits per heavy atom. The largest absolute Gasteiger partial charge is 1.00 e. The third-order valence-electron chi connectivity index (χ3n) is 7.87. The van der Waals surface area contributed by atoms with E-state index in [0.717, 1.165) is 19.3 Å². The average molecular weight is 663 g/mol. The Kier molecular flexibility index (Phi) is 29.9. The normalized spacial score (nSPS) is 11.2. The average Bonchev–Trinajstić information content (AvgIpc) is 2.99. The van der Waals surface area contributed by atoms with E-state index in [1.807, 2.05) is 0 Å². The summed E-state index contributed by atoms with van der Waals surface area (Å²) >= 11 is 0. The molecule has 0 unspecified atom stereocenters. The van der Waals surface area contributed by atoms with E-state index in [1.165, 1.54) is 134 Å². The molecular weight excluding hydrogens is 604 g/mol. The molecule has 0 saturated carbocycles. The van der Waals surface area contributed by atoms with Gasteiger partial charge in [-0.25, -0.2) is 18.0 Å². The summed E-state index contributed by atoms with van der Waals surface area (Å²) in [5, 5.41) is 0. The van der Waals surface area contributed by atoms with Crippen LogP contribution < -0.4 is 51.4 Å². The van der Waals surface area contributed by atoms with Gasteiger partial charge in [0.2, 0.25) is 0 Å². The molecule has 1 rings (SSSR count). The van der Waals surface area contributed by atoms with Gasteiger partial charge < -0.3 is 14.0 Å². The van der Waals surface area contributed by atoms with Gasteiger partial charge in [-0.2, -0.15) is 0 Å². The molecule has 0 saturated heterocycles. The fourth-order valence-corrected chi connectivity index (χ4v) is 5.74. The van der Waals surface area contributed by atoms with Gasteiger partial charge in [-0.1, -0.05) is 154 Å². The smallest absolute Gasteiger partial charge is 0.748 e. The maximum absolute atomic E-state index is 12.5. The quantitative estimate of drug-likeness (QED) is 0.0415. The second kappa shape index (κ2) is 30.1. The summed E-state index contributed by atoms with van der Waals surface area (Å²) in [6, 6.07) is 6.20. The van der Waals surface area contributed by atoms with Gasteiger partial charge in [-0.3, -0.25) is 0 Å². The monoisotopic (exact) mass is 662 g/mol. The van der Waals surface area contributed by atoms with Crippen molar-refractivity contribution >= 4 is 22.1 Å². The molecule has 9 heteroatoms. The Balaban J connectivity index is 0.0000185. The van der Waals surface area contributed by atoms with Gasteiger partial charge in [-0.05, 0) is 25.0 Å². The predicted octanol–water partition coefficient (Wildman–Crippen LogP) is 6.54. The van der Waals surface area contributed by atoms with Gasteiger partial charge in [0.15, 0.2) is 0 Å². The number of ether oxygens (including phenoxy) is 2. The van der Waals surface area contributed by atoms with Crippen molar-refractivity contribution in [2.24, 2.45) is 0 Å². The van der Waals surface area contributed by atoms with E-state index in [1.54, 1.807) is 12.1 Å². The van der Waals surface area contributed by atoms with Gasteiger partial charge in [0.05, 0.1) is 34.5 Å². The number of carbonyl (C=O) groups is 2. The summed E-state index contributed by atoms with van der Waals surface area (Å²) in [4.78, 5) is 24.8. The minimum Gasteiger partial charge on any atom is -0.748 e. The fraction of sp³-hybridized carbons (Fsp3) is 0.771. The molecule has 1 aromatic carbocycles. The van der Waals surface area contributed by atoms with Crippen LogP contribution in [0.4, 0.5) is 0 Å². The molecule has 0 fully saturated rings. The van der Waals surface area contributed by atoms with Crippen molar-refractivity contribution in [3.05, 3.63) is 35.4 Å². The van der Waals surface area contributed by atoms with Crippen LogP contribution in [0.1, 0.15) is 175 Å². The van der Waals surface area contributed by atoms with Crippen molar-refractivity contribution in [2.45, 2.75) is 155 Å². The molecule has 0 spiro atoms. The maximum atomic E-state index is 12.5. The van der Waals surface area contributed by atoms with Crippen LogP contribution >= 0.6 is 0 Å². The zero-order valence-corrected chi connectivity index (χ0v) is 31.9. The summed E-state index contributed by atoms with van der Waals surface area (Å²) in [6.45, 7) is 2.35. The first-order valence-electron chi connectivity index (χ1n) is 17.2. The Bertz CT molecular complexity index is 952. The molecule has 248 valence electrons. The Labute approximate surface area is 311 Å². The molecular formula is C35H59KO7S. The van der Waals surface area contributed by atoms with Crippen LogP contribution in [0.25, 0.3) is 0 Å². The van der Waals surface area contributed by atoms with E-state index < -0.39 is 27.8 Å². The topological polar surface area (TPSA) is 110 Å². The summed E-state index contributed by atoms with van der Waals surface area (Å²) < 4.78 is 42.4. The first-order valence-corrected chi connectivity index (χ1v) is 18.8. The van der Waals surface area contributed by atoms with Crippen LogP contribution in [-0.4, -0.2) is 43.9 Å². The van der Waals surface area contributed by atoms with Gasteiger partial charge in [0.1, 0.15) is 0 Å². The third-order valence-corrected chi connectivity index (χ3v) is 8.66. The predicted molar refractivity (Wildman–Crippen MR) is 173 cm³/mol. The van der Waals surface area contributed by atoms with E-state index >= 15 is 0 Å². The molecule has 7 nitrogen and oxygen atoms in total. The van der Waals surface area contributed by atoms with Gasteiger partial charge >= 0.3 is 63.3 Å². The number of carbonyl (C=O) groups excluding carboxylic acids is 2. The van der Waals surface area contributed by atoms with Crippen LogP contribution in [-0.2, 0) is 19.6 Å². The van der Waals surface area contributed by atoms with Gasteiger partial charge in [0.25, 0.3) is 0 Å². The van der Waals surface area contributed by atoms with Crippen molar-refractivity contribution < 1.29 is 83.4 Å². The Hall–Kier alpha value is -0.294. The summed E-state index contributed by atoms with van der Waals surface area (Å²) in [5.41, 5.74) is 0.175.